The van der Waals surface area contributed by atoms with Crippen molar-refractivity contribution in [3.8, 4) is 0 Å². The summed E-state index contributed by atoms with van der Waals surface area (Å²) in [6.45, 7) is 1.97. The number of carbonyl (C=O) groups is 2. The number of carboxylic acids is 1. The van der Waals surface area contributed by atoms with Crippen LogP contribution >= 0.6 is 0 Å². The van der Waals surface area contributed by atoms with Crippen LogP contribution in [0.5, 0.6) is 0 Å². The van der Waals surface area contributed by atoms with Gasteiger partial charge in [-0.1, -0.05) is 30.9 Å². The minimum atomic E-state index is -0.854. The summed E-state index contributed by atoms with van der Waals surface area (Å²) in [4.78, 5) is 23.6. The minimum absolute atomic E-state index is 0.0632. The number of allylic oxidation sites excluding steroid dienone is 2. The molecule has 0 saturated heterocycles. The molecule has 4 heteroatoms. The van der Waals surface area contributed by atoms with Gasteiger partial charge in [0.2, 0.25) is 5.91 Å². The van der Waals surface area contributed by atoms with Crippen LogP contribution in [0.15, 0.2) is 11.6 Å². The van der Waals surface area contributed by atoms with Gasteiger partial charge in [0.05, 0.1) is 11.8 Å². The predicted molar refractivity (Wildman–Crippen MR) is 72.6 cm³/mol. The van der Waals surface area contributed by atoms with E-state index in [1.807, 2.05) is 13.0 Å². The van der Waals surface area contributed by atoms with E-state index in [4.69, 9.17) is 0 Å². The Morgan fingerprint density at radius 2 is 1.89 bits per heavy atom. The fraction of sp³-hybridized carbons (Fsp3) is 0.733. The van der Waals surface area contributed by atoms with Crippen LogP contribution in [0.1, 0.15) is 51.9 Å². The van der Waals surface area contributed by atoms with Gasteiger partial charge in [0.1, 0.15) is 0 Å². The molecule has 0 aromatic heterocycles. The van der Waals surface area contributed by atoms with Gasteiger partial charge in [-0.05, 0) is 32.6 Å². The molecule has 2 unspecified atom stereocenters. The Labute approximate surface area is 114 Å². The summed E-state index contributed by atoms with van der Waals surface area (Å²) >= 11 is 0. The van der Waals surface area contributed by atoms with Crippen LogP contribution in [0.4, 0.5) is 0 Å². The molecule has 4 nitrogen and oxygen atoms in total. The lowest BCUT2D eigenvalue weighted by molar-refractivity contribution is -0.147. The first-order chi connectivity index (χ1) is 9.08. The summed E-state index contributed by atoms with van der Waals surface area (Å²) in [6.07, 6.45) is 8.64. The van der Waals surface area contributed by atoms with Crippen LogP contribution in [0.25, 0.3) is 0 Å². The highest BCUT2D eigenvalue weighted by molar-refractivity contribution is 5.85. The van der Waals surface area contributed by atoms with Gasteiger partial charge in [-0.25, -0.2) is 0 Å². The van der Waals surface area contributed by atoms with E-state index in [2.05, 4.69) is 5.32 Å². The molecule has 0 bridgehead atoms. The van der Waals surface area contributed by atoms with Gasteiger partial charge in [-0.3, -0.25) is 9.59 Å². The van der Waals surface area contributed by atoms with E-state index in [9.17, 15) is 14.7 Å². The van der Waals surface area contributed by atoms with E-state index < -0.39 is 17.8 Å². The maximum atomic E-state index is 12.3. The fourth-order valence-corrected chi connectivity index (χ4v) is 3.17. The molecule has 2 N–H and O–H groups in total. The molecule has 19 heavy (non-hydrogen) atoms. The first-order valence-corrected chi connectivity index (χ1v) is 7.26. The number of nitrogens with one attached hydrogen (secondary N) is 1. The van der Waals surface area contributed by atoms with Crippen LogP contribution < -0.4 is 5.32 Å². The Morgan fingerprint density at radius 3 is 2.53 bits per heavy atom. The molecule has 1 fully saturated rings. The molecule has 0 heterocycles. The van der Waals surface area contributed by atoms with Crippen molar-refractivity contribution in [2.75, 3.05) is 0 Å². The Kier molecular flexibility index (Phi) is 4.61. The normalized spacial score (nSPS) is 28.6. The van der Waals surface area contributed by atoms with Gasteiger partial charge in [0.15, 0.2) is 0 Å². The SMILES string of the molecule is CC1=CCC(C(=O)O)C(C(=O)NC2CCCCC2)C1. The average Bonchev–Trinajstić information content (AvgIpc) is 2.39. The smallest absolute Gasteiger partial charge is 0.307 e. The molecule has 0 spiro atoms. The largest absolute Gasteiger partial charge is 0.481 e. The van der Waals surface area contributed by atoms with Crippen LogP contribution in [-0.2, 0) is 9.59 Å². The molecule has 2 rings (SSSR count). The first kappa shape index (κ1) is 14.1. The van der Waals surface area contributed by atoms with Crippen molar-refractivity contribution in [2.24, 2.45) is 11.8 Å². The number of carboxylic acid groups (broad SMARTS) is 1. The summed E-state index contributed by atoms with van der Waals surface area (Å²) in [5.41, 5.74) is 1.13. The van der Waals surface area contributed by atoms with Gasteiger partial charge in [0, 0.05) is 6.04 Å². The number of aliphatic carboxylic acids is 1. The summed E-state index contributed by atoms with van der Waals surface area (Å²) < 4.78 is 0. The highest BCUT2D eigenvalue weighted by atomic mass is 16.4. The lowest BCUT2D eigenvalue weighted by atomic mass is 9.79. The molecule has 0 radical (unpaired) electrons. The molecule has 1 amide bonds. The topological polar surface area (TPSA) is 66.4 Å². The number of carbonyl (C=O) groups excluding carboxylic acids is 1. The molecule has 0 aliphatic heterocycles. The first-order valence-electron chi connectivity index (χ1n) is 7.26. The average molecular weight is 265 g/mol. The predicted octanol–water partition coefficient (Wildman–Crippen LogP) is 2.49. The second-order valence-corrected chi connectivity index (χ2v) is 5.89. The van der Waals surface area contributed by atoms with Crippen molar-refractivity contribution in [1.82, 2.24) is 5.32 Å². The number of rotatable bonds is 3. The Bertz CT molecular complexity index is 383. The summed E-state index contributed by atoms with van der Waals surface area (Å²) in [6, 6.07) is 0.252. The van der Waals surface area contributed by atoms with Crippen molar-refractivity contribution < 1.29 is 14.7 Å². The number of amides is 1. The molecule has 2 atom stereocenters. The van der Waals surface area contributed by atoms with Crippen molar-refractivity contribution >= 4 is 11.9 Å². The van der Waals surface area contributed by atoms with Crippen molar-refractivity contribution in [2.45, 2.75) is 57.9 Å². The van der Waals surface area contributed by atoms with Crippen molar-refractivity contribution in [3.63, 3.8) is 0 Å². The van der Waals surface area contributed by atoms with Crippen LogP contribution in [-0.4, -0.2) is 23.0 Å². The van der Waals surface area contributed by atoms with Gasteiger partial charge >= 0.3 is 5.97 Å². The third kappa shape index (κ3) is 3.58. The maximum absolute atomic E-state index is 12.3. The fourth-order valence-electron chi connectivity index (χ4n) is 3.17. The van der Waals surface area contributed by atoms with E-state index in [0.717, 1.165) is 31.3 Å². The zero-order chi connectivity index (χ0) is 13.8. The molecule has 2 aliphatic carbocycles. The molecule has 106 valence electrons. The molecular formula is C15H23NO3. The van der Waals surface area contributed by atoms with Gasteiger partial charge in [0.25, 0.3) is 0 Å². The van der Waals surface area contributed by atoms with Crippen LogP contribution in [0, 0.1) is 11.8 Å². The molecule has 0 aromatic rings. The monoisotopic (exact) mass is 265 g/mol. The quantitative estimate of drug-likeness (QED) is 0.770. The van der Waals surface area contributed by atoms with Gasteiger partial charge in [-0.15, -0.1) is 0 Å². The third-order valence-corrected chi connectivity index (χ3v) is 4.35. The van der Waals surface area contributed by atoms with Crippen LogP contribution in [0.3, 0.4) is 0 Å². The molecular weight excluding hydrogens is 242 g/mol. The third-order valence-electron chi connectivity index (χ3n) is 4.35. The number of hydrogen-bond acceptors (Lipinski definition) is 2. The minimum Gasteiger partial charge on any atom is -0.481 e. The van der Waals surface area contributed by atoms with Gasteiger partial charge in [-0.2, -0.15) is 0 Å². The second kappa shape index (κ2) is 6.22. The zero-order valence-electron chi connectivity index (χ0n) is 11.5. The van der Waals surface area contributed by atoms with E-state index in [1.54, 1.807) is 0 Å². The van der Waals surface area contributed by atoms with Crippen molar-refractivity contribution in [3.05, 3.63) is 11.6 Å². The standard InChI is InChI=1S/C15H23NO3/c1-10-7-8-12(15(18)19)13(9-10)14(17)16-11-5-3-2-4-6-11/h7,11-13H,2-6,8-9H2,1H3,(H,16,17)(H,18,19). The Hall–Kier alpha value is -1.32. The van der Waals surface area contributed by atoms with E-state index in [1.165, 1.54) is 6.42 Å². The molecule has 0 aromatic carbocycles. The Balaban J connectivity index is 1.98. The van der Waals surface area contributed by atoms with E-state index >= 15 is 0 Å². The lowest BCUT2D eigenvalue weighted by Gasteiger charge is -2.30. The maximum Gasteiger partial charge on any atom is 0.307 e. The van der Waals surface area contributed by atoms with E-state index in [-0.39, 0.29) is 11.9 Å². The number of hydrogen-bond donors (Lipinski definition) is 2. The van der Waals surface area contributed by atoms with Crippen LogP contribution in [0.2, 0.25) is 0 Å². The summed E-state index contributed by atoms with van der Waals surface area (Å²) in [5, 5.41) is 12.3. The lowest BCUT2D eigenvalue weighted by Crippen LogP contribution is -2.44. The highest BCUT2D eigenvalue weighted by Crippen LogP contribution is 2.30. The summed E-state index contributed by atoms with van der Waals surface area (Å²) in [5.74, 6) is -1.88. The highest BCUT2D eigenvalue weighted by Gasteiger charge is 2.36. The van der Waals surface area contributed by atoms with E-state index in [0.29, 0.717) is 12.8 Å². The molecule has 1 saturated carbocycles. The Morgan fingerprint density at radius 1 is 1.21 bits per heavy atom. The van der Waals surface area contributed by atoms with Crippen molar-refractivity contribution in [1.29, 1.82) is 0 Å². The summed E-state index contributed by atoms with van der Waals surface area (Å²) in [7, 11) is 0. The molecule has 2 aliphatic rings. The second-order valence-electron chi connectivity index (χ2n) is 5.89. The van der Waals surface area contributed by atoms with Gasteiger partial charge < -0.3 is 10.4 Å². The zero-order valence-corrected chi connectivity index (χ0v) is 11.5.